The number of tetrazole rings is 1. The quantitative estimate of drug-likeness (QED) is 0.500. The molecule has 1 aromatic carbocycles. The maximum atomic E-state index is 12.6. The zero-order valence-electron chi connectivity index (χ0n) is 12.2. The highest BCUT2D eigenvalue weighted by Gasteiger charge is 2.25. The first-order valence-electron chi connectivity index (χ1n) is 6.78. The fraction of sp³-hybridized carbons (Fsp3) is 0.0714. The zero-order valence-corrected chi connectivity index (χ0v) is 13.0. The first kappa shape index (κ1) is 15.7. The zero-order chi connectivity index (χ0) is 17.2. The highest BCUT2D eigenvalue weighted by molar-refractivity contribution is 7.90. The van der Waals surface area contributed by atoms with Gasteiger partial charge >= 0.3 is 0 Å². The van der Waals surface area contributed by atoms with E-state index in [1.807, 2.05) is 0 Å². The van der Waals surface area contributed by atoms with Gasteiger partial charge in [0.2, 0.25) is 11.6 Å². The molecule has 3 rings (SSSR count). The van der Waals surface area contributed by atoms with Gasteiger partial charge in [0.1, 0.15) is 0 Å². The van der Waals surface area contributed by atoms with Crippen molar-refractivity contribution in [2.24, 2.45) is 0 Å². The normalized spacial score (nSPS) is 11.3. The summed E-state index contributed by atoms with van der Waals surface area (Å²) >= 11 is 0. The average molecular weight is 345 g/mol. The summed E-state index contributed by atoms with van der Waals surface area (Å²) in [6.45, 7) is 0. The van der Waals surface area contributed by atoms with Gasteiger partial charge in [-0.05, 0) is 29.5 Å². The minimum atomic E-state index is -3.85. The number of carbonyl (C=O) groups is 2. The van der Waals surface area contributed by atoms with E-state index in [2.05, 4.69) is 20.6 Å². The highest BCUT2D eigenvalue weighted by atomic mass is 32.2. The number of aromatic amines is 1. The predicted octanol–water partition coefficient (Wildman–Crippen LogP) is 0.233. The van der Waals surface area contributed by atoms with Crippen LogP contribution in [0.1, 0.15) is 16.3 Å². The second kappa shape index (κ2) is 6.16. The molecule has 0 saturated heterocycles. The number of nitrogens with one attached hydrogen (secondary N) is 1. The average Bonchev–Trinajstić information content (AvgIpc) is 3.26. The van der Waals surface area contributed by atoms with E-state index in [0.717, 1.165) is 3.97 Å². The Morgan fingerprint density at radius 1 is 1.08 bits per heavy atom. The van der Waals surface area contributed by atoms with E-state index in [-0.39, 0.29) is 16.4 Å². The van der Waals surface area contributed by atoms with Crippen LogP contribution in [0, 0.1) is 0 Å². The Hall–Kier alpha value is -3.14. The third kappa shape index (κ3) is 2.86. The number of Topliss-reactive ketones (excluding diaryl/α,β-unsaturated/α-hetero) is 2. The molecule has 9 nitrogen and oxygen atoms in total. The number of benzene rings is 1. The van der Waals surface area contributed by atoms with Crippen molar-refractivity contribution < 1.29 is 18.0 Å². The van der Waals surface area contributed by atoms with E-state index in [9.17, 15) is 18.0 Å². The van der Waals surface area contributed by atoms with Crippen molar-refractivity contribution in [3.63, 3.8) is 0 Å². The van der Waals surface area contributed by atoms with Crippen LogP contribution in [0.5, 0.6) is 0 Å². The van der Waals surface area contributed by atoms with Crippen LogP contribution in [0.4, 0.5) is 0 Å². The van der Waals surface area contributed by atoms with Crippen LogP contribution in [0.15, 0.2) is 53.6 Å². The first-order chi connectivity index (χ1) is 11.5. The molecule has 10 heteroatoms. The largest absolute Gasteiger partial charge is 0.290 e. The topological polar surface area (TPSA) is 128 Å². The van der Waals surface area contributed by atoms with Crippen LogP contribution < -0.4 is 0 Å². The number of hydrogen-bond acceptors (Lipinski definition) is 7. The van der Waals surface area contributed by atoms with Crippen molar-refractivity contribution in [1.82, 2.24) is 24.6 Å². The molecule has 0 aliphatic rings. The molecule has 0 radical (unpaired) electrons. The first-order valence-corrected chi connectivity index (χ1v) is 8.22. The van der Waals surface area contributed by atoms with E-state index in [1.54, 1.807) is 18.2 Å². The number of rotatable bonds is 6. The molecule has 0 amide bonds. The lowest BCUT2D eigenvalue weighted by Gasteiger charge is -2.09. The van der Waals surface area contributed by atoms with E-state index in [0.29, 0.717) is 0 Å². The molecule has 0 bridgehead atoms. The van der Waals surface area contributed by atoms with Crippen molar-refractivity contribution in [2.75, 3.05) is 0 Å². The number of H-pyrrole nitrogens is 1. The SMILES string of the molecule is O=C(Cc1cccn1S(=O)(=O)c1ccccc1)C(=O)c1nn[nH]n1. The maximum Gasteiger partial charge on any atom is 0.269 e. The molecule has 122 valence electrons. The van der Waals surface area contributed by atoms with Gasteiger partial charge in [-0.25, -0.2) is 12.4 Å². The summed E-state index contributed by atoms with van der Waals surface area (Å²) < 4.78 is 26.2. The Morgan fingerprint density at radius 3 is 2.50 bits per heavy atom. The van der Waals surface area contributed by atoms with Crippen molar-refractivity contribution >= 4 is 21.6 Å². The highest BCUT2D eigenvalue weighted by Crippen LogP contribution is 2.17. The summed E-state index contributed by atoms with van der Waals surface area (Å²) in [4.78, 5) is 24.0. The molecule has 0 fully saturated rings. The molecule has 0 atom stereocenters. The molecule has 3 aromatic rings. The monoisotopic (exact) mass is 345 g/mol. The second-order valence-corrected chi connectivity index (χ2v) is 6.59. The number of carbonyl (C=O) groups excluding carboxylic acids is 2. The minimum Gasteiger partial charge on any atom is -0.290 e. The molecule has 24 heavy (non-hydrogen) atoms. The summed E-state index contributed by atoms with van der Waals surface area (Å²) in [5.74, 6) is -2.13. The maximum absolute atomic E-state index is 12.6. The lowest BCUT2D eigenvalue weighted by Crippen LogP contribution is -2.22. The minimum absolute atomic E-state index is 0.0828. The van der Waals surface area contributed by atoms with Gasteiger partial charge in [-0.15, -0.1) is 10.2 Å². The van der Waals surface area contributed by atoms with E-state index in [1.165, 1.54) is 30.5 Å². The summed E-state index contributed by atoms with van der Waals surface area (Å²) in [5.41, 5.74) is 0.167. The lowest BCUT2D eigenvalue weighted by atomic mass is 10.1. The van der Waals surface area contributed by atoms with Crippen molar-refractivity contribution in [3.8, 4) is 0 Å². The van der Waals surface area contributed by atoms with Gasteiger partial charge in [0, 0.05) is 11.9 Å². The van der Waals surface area contributed by atoms with E-state index in [4.69, 9.17) is 0 Å². The fourth-order valence-corrected chi connectivity index (χ4v) is 3.50. The van der Waals surface area contributed by atoms with Gasteiger partial charge in [0.25, 0.3) is 15.8 Å². The fourth-order valence-electron chi connectivity index (χ4n) is 2.11. The molecule has 2 aromatic heterocycles. The molecule has 0 aliphatic heterocycles. The lowest BCUT2D eigenvalue weighted by molar-refractivity contribution is -0.114. The van der Waals surface area contributed by atoms with Crippen LogP contribution in [-0.4, -0.2) is 44.6 Å². The predicted molar refractivity (Wildman–Crippen MR) is 80.7 cm³/mol. The summed E-state index contributed by atoms with van der Waals surface area (Å²) in [6, 6.07) is 10.7. The second-order valence-electron chi connectivity index (χ2n) is 4.78. The molecule has 1 N–H and O–H groups in total. The summed E-state index contributed by atoms with van der Waals surface area (Å²) in [6.07, 6.45) is 0.927. The Labute approximate surface area is 136 Å². The standard InChI is InChI=1S/C14H11N5O4S/c20-12(13(21)14-15-17-18-16-14)9-10-5-4-8-19(10)24(22,23)11-6-2-1-3-7-11/h1-8H,9H2,(H,15,16,17,18). The van der Waals surface area contributed by atoms with Gasteiger partial charge in [-0.1, -0.05) is 18.2 Å². The Bertz CT molecular complexity index is 977. The van der Waals surface area contributed by atoms with E-state index >= 15 is 0 Å². The Balaban J connectivity index is 1.89. The van der Waals surface area contributed by atoms with Gasteiger partial charge < -0.3 is 0 Å². The van der Waals surface area contributed by atoms with Crippen molar-refractivity contribution in [1.29, 1.82) is 0 Å². The van der Waals surface area contributed by atoms with Crippen LogP contribution >= 0.6 is 0 Å². The van der Waals surface area contributed by atoms with Gasteiger partial charge in [-0.2, -0.15) is 5.21 Å². The molecule has 0 saturated carbocycles. The van der Waals surface area contributed by atoms with Gasteiger partial charge in [-0.3, -0.25) is 9.59 Å². The van der Waals surface area contributed by atoms with Crippen LogP contribution in [0.25, 0.3) is 0 Å². The number of hydrogen-bond donors (Lipinski definition) is 1. The summed E-state index contributed by atoms with van der Waals surface area (Å²) in [7, 11) is -3.85. The van der Waals surface area contributed by atoms with Crippen LogP contribution in [0.2, 0.25) is 0 Å². The molecule has 2 heterocycles. The molecule has 0 spiro atoms. The van der Waals surface area contributed by atoms with E-state index < -0.39 is 28.0 Å². The van der Waals surface area contributed by atoms with Crippen LogP contribution in [0.3, 0.4) is 0 Å². The molecular formula is C14H11N5O4S. The van der Waals surface area contributed by atoms with Crippen molar-refractivity contribution in [2.45, 2.75) is 11.3 Å². The smallest absolute Gasteiger partial charge is 0.269 e. The number of nitrogens with zero attached hydrogens (tertiary/aromatic N) is 4. The van der Waals surface area contributed by atoms with Crippen LogP contribution in [-0.2, 0) is 21.2 Å². The Morgan fingerprint density at radius 2 is 1.83 bits per heavy atom. The molecular weight excluding hydrogens is 334 g/mol. The third-order valence-corrected chi connectivity index (χ3v) is 4.98. The Kier molecular flexibility index (Phi) is 4.04. The van der Waals surface area contributed by atoms with Gasteiger partial charge in [0.05, 0.1) is 11.3 Å². The van der Waals surface area contributed by atoms with Gasteiger partial charge in [0.15, 0.2) is 0 Å². The number of ketones is 2. The van der Waals surface area contributed by atoms with Crippen molar-refractivity contribution in [3.05, 3.63) is 60.2 Å². The third-order valence-electron chi connectivity index (χ3n) is 3.24. The molecule has 0 aliphatic carbocycles. The number of aromatic nitrogens is 5. The summed E-state index contributed by atoms with van der Waals surface area (Å²) in [5, 5.41) is 12.2. The molecule has 0 unspecified atom stereocenters.